The Labute approximate surface area is 122 Å². The van der Waals surface area contributed by atoms with Crippen LogP contribution >= 0.6 is 11.6 Å². The number of rotatable bonds is 2. The van der Waals surface area contributed by atoms with E-state index in [9.17, 15) is 13.2 Å². The van der Waals surface area contributed by atoms with Crippen LogP contribution < -0.4 is 5.73 Å². The Hall–Kier alpha value is -2.21. The van der Waals surface area contributed by atoms with Crippen molar-refractivity contribution in [2.45, 2.75) is 6.54 Å². The van der Waals surface area contributed by atoms with Crippen LogP contribution in [0.25, 0.3) is 11.0 Å². The fourth-order valence-electron chi connectivity index (χ4n) is 2.13. The van der Waals surface area contributed by atoms with Gasteiger partial charge in [-0.1, -0.05) is 17.7 Å². The molecule has 2 aromatic carbocycles. The molecule has 0 amide bonds. The van der Waals surface area contributed by atoms with E-state index >= 15 is 0 Å². The molecule has 0 unspecified atom stereocenters. The lowest BCUT2D eigenvalue weighted by molar-refractivity contribution is 0.506. The van der Waals surface area contributed by atoms with Crippen LogP contribution in [-0.4, -0.2) is 9.55 Å². The summed E-state index contributed by atoms with van der Waals surface area (Å²) in [4.78, 5) is 4.07. The summed E-state index contributed by atoms with van der Waals surface area (Å²) in [6, 6.07) is 6.09. The lowest BCUT2D eigenvalue weighted by atomic mass is 10.2. The fraction of sp³-hybridized carbons (Fsp3) is 0.0714. The predicted molar refractivity (Wildman–Crippen MR) is 74.6 cm³/mol. The van der Waals surface area contributed by atoms with Gasteiger partial charge in [-0.25, -0.2) is 18.2 Å². The number of halogens is 4. The van der Waals surface area contributed by atoms with Gasteiger partial charge in [0.1, 0.15) is 5.82 Å². The largest absolute Gasteiger partial charge is 0.369 e. The molecule has 2 N–H and O–H groups in total. The third-order valence-electron chi connectivity index (χ3n) is 3.14. The number of hydrogen-bond acceptors (Lipinski definition) is 2. The Bertz CT molecular complexity index is 845. The summed E-state index contributed by atoms with van der Waals surface area (Å²) in [6.07, 6.45) is 0. The second-order valence-corrected chi connectivity index (χ2v) is 4.97. The van der Waals surface area contributed by atoms with Crippen LogP contribution in [0.1, 0.15) is 5.56 Å². The van der Waals surface area contributed by atoms with Crippen LogP contribution in [0, 0.1) is 17.5 Å². The molecule has 0 bridgehead atoms. The zero-order valence-corrected chi connectivity index (χ0v) is 11.3. The molecule has 3 nitrogen and oxygen atoms in total. The van der Waals surface area contributed by atoms with E-state index in [0.29, 0.717) is 16.6 Å². The molecule has 0 saturated heterocycles. The molecule has 3 rings (SSSR count). The molecule has 0 aliphatic carbocycles. The number of aromatic nitrogens is 2. The molecule has 21 heavy (non-hydrogen) atoms. The number of nitrogen functional groups attached to an aromatic ring is 1. The van der Waals surface area contributed by atoms with Gasteiger partial charge in [-0.3, -0.25) is 0 Å². The first kappa shape index (κ1) is 13.8. The summed E-state index contributed by atoms with van der Waals surface area (Å²) in [5.41, 5.74) is 7.13. The van der Waals surface area contributed by atoms with Gasteiger partial charge in [-0.2, -0.15) is 0 Å². The summed E-state index contributed by atoms with van der Waals surface area (Å²) < 4.78 is 41.2. The summed E-state index contributed by atoms with van der Waals surface area (Å²) in [7, 11) is 0. The third-order valence-corrected chi connectivity index (χ3v) is 3.43. The van der Waals surface area contributed by atoms with E-state index in [2.05, 4.69) is 4.98 Å². The van der Waals surface area contributed by atoms with Crippen molar-refractivity contribution >= 4 is 28.6 Å². The molecule has 0 radical (unpaired) electrons. The van der Waals surface area contributed by atoms with E-state index in [1.807, 2.05) is 0 Å². The number of fused-ring (bicyclic) bond motifs is 1. The normalized spacial score (nSPS) is 11.2. The van der Waals surface area contributed by atoms with Crippen LogP contribution in [0.5, 0.6) is 0 Å². The van der Waals surface area contributed by atoms with Gasteiger partial charge in [0.15, 0.2) is 11.6 Å². The Kier molecular flexibility index (Phi) is 3.25. The molecule has 0 saturated carbocycles. The molecule has 0 aliphatic heterocycles. The highest BCUT2D eigenvalue weighted by Crippen LogP contribution is 2.25. The summed E-state index contributed by atoms with van der Waals surface area (Å²) in [5, 5.41) is -0.0556. The van der Waals surface area contributed by atoms with Crippen molar-refractivity contribution in [2.75, 3.05) is 5.73 Å². The average molecular weight is 312 g/mol. The third kappa shape index (κ3) is 2.42. The maximum Gasteiger partial charge on any atom is 0.201 e. The van der Waals surface area contributed by atoms with Gasteiger partial charge in [0, 0.05) is 6.07 Å². The van der Waals surface area contributed by atoms with Crippen LogP contribution in [0.15, 0.2) is 30.3 Å². The predicted octanol–water partition coefficient (Wildman–Crippen LogP) is 3.74. The number of benzene rings is 2. The molecule has 0 spiro atoms. The van der Waals surface area contributed by atoms with Crippen molar-refractivity contribution in [3.8, 4) is 0 Å². The minimum Gasteiger partial charge on any atom is -0.369 e. The number of hydrogen-bond donors (Lipinski definition) is 1. The van der Waals surface area contributed by atoms with Gasteiger partial charge in [-0.15, -0.1) is 0 Å². The van der Waals surface area contributed by atoms with Crippen molar-refractivity contribution in [3.63, 3.8) is 0 Å². The molecule has 3 aromatic rings. The molecule has 0 aliphatic rings. The quantitative estimate of drug-likeness (QED) is 0.783. The lowest BCUT2D eigenvalue weighted by Gasteiger charge is -2.07. The Morgan fingerprint density at radius 1 is 1.05 bits per heavy atom. The van der Waals surface area contributed by atoms with Gasteiger partial charge in [0.25, 0.3) is 0 Å². The van der Waals surface area contributed by atoms with E-state index in [4.69, 9.17) is 17.3 Å². The summed E-state index contributed by atoms with van der Waals surface area (Å²) >= 11 is 5.69. The van der Waals surface area contributed by atoms with Crippen LogP contribution in [-0.2, 0) is 6.54 Å². The maximum atomic E-state index is 13.6. The fourth-order valence-corrected chi connectivity index (χ4v) is 2.28. The highest BCUT2D eigenvalue weighted by Gasteiger charge is 2.13. The smallest absolute Gasteiger partial charge is 0.201 e. The average Bonchev–Trinajstić information content (AvgIpc) is 2.71. The molecular weight excluding hydrogens is 303 g/mol. The molecule has 108 valence electrons. The SMILES string of the molecule is Nc1nc2cc(Cl)c(F)cc2n1Cc1ccc(F)c(F)c1. The molecule has 7 heteroatoms. The monoisotopic (exact) mass is 311 g/mol. The highest BCUT2D eigenvalue weighted by molar-refractivity contribution is 6.31. The van der Waals surface area contributed by atoms with Crippen molar-refractivity contribution in [1.29, 1.82) is 0 Å². The van der Waals surface area contributed by atoms with Crippen molar-refractivity contribution < 1.29 is 13.2 Å². The molecule has 1 heterocycles. The lowest BCUT2D eigenvalue weighted by Crippen LogP contribution is -2.05. The van der Waals surface area contributed by atoms with Crippen molar-refractivity contribution in [3.05, 3.63) is 58.4 Å². The number of nitrogens with zero attached hydrogens (tertiary/aromatic N) is 2. The van der Waals surface area contributed by atoms with Crippen molar-refractivity contribution in [1.82, 2.24) is 9.55 Å². The molecular formula is C14H9ClF3N3. The van der Waals surface area contributed by atoms with E-state index < -0.39 is 17.5 Å². The van der Waals surface area contributed by atoms with Gasteiger partial charge < -0.3 is 10.3 Å². The number of anilines is 1. The van der Waals surface area contributed by atoms with Crippen LogP contribution in [0.4, 0.5) is 19.1 Å². The first-order chi connectivity index (χ1) is 9.95. The molecule has 1 aromatic heterocycles. The van der Waals surface area contributed by atoms with Crippen molar-refractivity contribution in [2.24, 2.45) is 0 Å². The Balaban J connectivity index is 2.09. The highest BCUT2D eigenvalue weighted by atomic mass is 35.5. The van der Waals surface area contributed by atoms with E-state index in [0.717, 1.165) is 12.1 Å². The summed E-state index contributed by atoms with van der Waals surface area (Å²) in [6.45, 7) is 0.139. The topological polar surface area (TPSA) is 43.8 Å². The number of nitrogens with two attached hydrogens (primary N) is 1. The van der Waals surface area contributed by atoms with Crippen LogP contribution in [0.3, 0.4) is 0 Å². The first-order valence-corrected chi connectivity index (χ1v) is 6.38. The second kappa shape index (κ2) is 4.96. The minimum atomic E-state index is -0.954. The molecule has 0 fully saturated rings. The molecule has 0 atom stereocenters. The summed E-state index contributed by atoms with van der Waals surface area (Å²) in [5.74, 6) is -2.35. The Morgan fingerprint density at radius 2 is 1.81 bits per heavy atom. The Morgan fingerprint density at radius 3 is 2.52 bits per heavy atom. The first-order valence-electron chi connectivity index (χ1n) is 6.00. The number of imidazole rings is 1. The van der Waals surface area contributed by atoms with Gasteiger partial charge in [0.2, 0.25) is 5.95 Å². The van der Waals surface area contributed by atoms with Gasteiger partial charge in [0.05, 0.1) is 22.6 Å². The maximum absolute atomic E-state index is 13.6. The zero-order valence-electron chi connectivity index (χ0n) is 10.6. The van der Waals surface area contributed by atoms with E-state index in [-0.39, 0.29) is 17.5 Å². The van der Waals surface area contributed by atoms with E-state index in [1.165, 1.54) is 22.8 Å². The van der Waals surface area contributed by atoms with Crippen LogP contribution in [0.2, 0.25) is 5.02 Å². The zero-order chi connectivity index (χ0) is 15.1. The minimum absolute atomic E-state index is 0.0556. The van der Waals surface area contributed by atoms with Gasteiger partial charge >= 0.3 is 0 Å². The second-order valence-electron chi connectivity index (χ2n) is 4.56. The van der Waals surface area contributed by atoms with E-state index in [1.54, 1.807) is 0 Å². The standard InChI is InChI=1S/C14H9ClF3N3/c15-8-4-12-13(5-10(8)17)21(14(19)20-12)6-7-1-2-9(16)11(18)3-7/h1-5H,6H2,(H2,19,20). The van der Waals surface area contributed by atoms with Gasteiger partial charge in [-0.05, 0) is 23.8 Å².